The maximum Gasteiger partial charge on any atom is 0.270 e. The van der Waals surface area contributed by atoms with Crippen LogP contribution in [0.15, 0.2) is 0 Å². The highest BCUT2D eigenvalue weighted by Gasteiger charge is 2.43. The van der Waals surface area contributed by atoms with Crippen molar-refractivity contribution >= 4 is 10.1 Å². The number of nitrogens with zero attached hydrogens (tertiary/aromatic N) is 2. The summed E-state index contributed by atoms with van der Waals surface area (Å²) >= 11 is 0. The molecule has 0 bridgehead atoms. The molecular formula is C14H24N2O7S. The summed E-state index contributed by atoms with van der Waals surface area (Å²) < 4.78 is 29.7. The van der Waals surface area contributed by atoms with Gasteiger partial charge in [0.25, 0.3) is 10.1 Å². The van der Waals surface area contributed by atoms with Gasteiger partial charge in [0.15, 0.2) is 0 Å². The lowest BCUT2D eigenvalue weighted by Crippen LogP contribution is -2.42. The third-order valence-corrected chi connectivity index (χ3v) is 7.05. The molecule has 2 saturated carbocycles. The molecule has 10 heteroatoms. The molecule has 0 aromatic rings. The maximum atomic E-state index is 12.3. The van der Waals surface area contributed by atoms with Crippen molar-refractivity contribution in [3.8, 4) is 0 Å². The molecule has 0 heterocycles. The van der Waals surface area contributed by atoms with Crippen LogP contribution in [0.3, 0.4) is 0 Å². The average molecular weight is 364 g/mol. The predicted molar refractivity (Wildman–Crippen MR) is 85.2 cm³/mol. The third kappa shape index (κ3) is 4.62. The minimum atomic E-state index is -3.79. The molecule has 0 saturated heterocycles. The summed E-state index contributed by atoms with van der Waals surface area (Å²) in [5.41, 5.74) is 0. The molecule has 138 valence electrons. The van der Waals surface area contributed by atoms with Crippen molar-refractivity contribution in [2.45, 2.75) is 69.2 Å². The van der Waals surface area contributed by atoms with E-state index in [2.05, 4.69) is 6.92 Å². The lowest BCUT2D eigenvalue weighted by molar-refractivity contribution is -0.563. The van der Waals surface area contributed by atoms with Gasteiger partial charge in [0.05, 0.1) is 17.8 Å². The normalized spacial score (nSPS) is 34.6. The lowest BCUT2D eigenvalue weighted by Gasteiger charge is -2.29. The SMILES string of the molecule is CC1CCC(S(=O)(=O)OCC2CC([N+](=O)[O-])CCC2[N+](=O)[O-])CC1. The molecule has 0 radical (unpaired) electrons. The Morgan fingerprint density at radius 1 is 1.00 bits per heavy atom. The van der Waals surface area contributed by atoms with Crippen molar-refractivity contribution in [1.29, 1.82) is 0 Å². The molecule has 2 fully saturated rings. The Bertz CT molecular complexity index is 572. The van der Waals surface area contributed by atoms with Crippen molar-refractivity contribution in [3.05, 3.63) is 20.2 Å². The van der Waals surface area contributed by atoms with E-state index in [1.54, 1.807) is 0 Å². The maximum absolute atomic E-state index is 12.3. The van der Waals surface area contributed by atoms with Crippen LogP contribution < -0.4 is 0 Å². The minimum Gasteiger partial charge on any atom is -0.269 e. The van der Waals surface area contributed by atoms with Gasteiger partial charge in [-0.15, -0.1) is 0 Å². The quantitative estimate of drug-likeness (QED) is 0.400. The summed E-state index contributed by atoms with van der Waals surface area (Å²) in [4.78, 5) is 21.1. The molecule has 24 heavy (non-hydrogen) atoms. The predicted octanol–water partition coefficient (Wildman–Crippen LogP) is 2.00. The van der Waals surface area contributed by atoms with Gasteiger partial charge in [-0.2, -0.15) is 8.42 Å². The smallest absolute Gasteiger partial charge is 0.269 e. The molecule has 2 aliphatic rings. The van der Waals surface area contributed by atoms with Crippen LogP contribution >= 0.6 is 0 Å². The fourth-order valence-electron chi connectivity index (χ4n) is 3.67. The Kier molecular flexibility index (Phi) is 6.13. The molecule has 0 spiro atoms. The summed E-state index contributed by atoms with van der Waals surface area (Å²) in [5, 5.41) is 21.5. The van der Waals surface area contributed by atoms with Crippen LogP contribution in [0, 0.1) is 32.1 Å². The van der Waals surface area contributed by atoms with Gasteiger partial charge in [-0.25, -0.2) is 0 Å². The molecule has 3 unspecified atom stereocenters. The molecule has 2 rings (SSSR count). The van der Waals surface area contributed by atoms with E-state index in [1.807, 2.05) is 0 Å². The van der Waals surface area contributed by atoms with E-state index in [9.17, 15) is 28.6 Å². The van der Waals surface area contributed by atoms with E-state index in [0.717, 1.165) is 12.8 Å². The minimum absolute atomic E-state index is 0.0180. The summed E-state index contributed by atoms with van der Waals surface area (Å²) in [5.74, 6) is -0.254. The van der Waals surface area contributed by atoms with E-state index < -0.39 is 43.2 Å². The van der Waals surface area contributed by atoms with E-state index in [0.29, 0.717) is 18.8 Å². The zero-order valence-corrected chi connectivity index (χ0v) is 14.5. The monoisotopic (exact) mass is 364 g/mol. The first-order valence-corrected chi connectivity index (χ1v) is 9.83. The van der Waals surface area contributed by atoms with Crippen LogP contribution in [0.1, 0.15) is 51.9 Å². The Balaban J connectivity index is 1.98. The topological polar surface area (TPSA) is 130 Å². The molecule has 0 aromatic heterocycles. The molecule has 0 amide bonds. The van der Waals surface area contributed by atoms with E-state index in [4.69, 9.17) is 4.18 Å². The molecule has 0 aliphatic heterocycles. The zero-order valence-electron chi connectivity index (χ0n) is 13.7. The van der Waals surface area contributed by atoms with Crippen molar-refractivity contribution < 1.29 is 22.4 Å². The second kappa shape index (κ2) is 7.73. The first kappa shape index (κ1) is 19.0. The Morgan fingerprint density at radius 3 is 2.17 bits per heavy atom. The van der Waals surface area contributed by atoms with Crippen LogP contribution in [0.4, 0.5) is 0 Å². The second-order valence-corrected chi connectivity index (χ2v) is 8.91. The van der Waals surface area contributed by atoms with Gasteiger partial charge in [-0.05, 0) is 31.6 Å². The first-order chi connectivity index (χ1) is 11.2. The number of hydrogen-bond acceptors (Lipinski definition) is 7. The van der Waals surface area contributed by atoms with Gasteiger partial charge in [-0.1, -0.05) is 6.92 Å². The van der Waals surface area contributed by atoms with E-state index in [-0.39, 0.29) is 25.9 Å². The fraction of sp³-hybridized carbons (Fsp3) is 1.00. The molecular weight excluding hydrogens is 340 g/mol. The number of nitro groups is 2. The largest absolute Gasteiger partial charge is 0.270 e. The molecule has 0 aromatic carbocycles. The third-order valence-electron chi connectivity index (χ3n) is 5.30. The zero-order chi connectivity index (χ0) is 17.9. The number of rotatable bonds is 6. The first-order valence-electron chi connectivity index (χ1n) is 8.36. The Morgan fingerprint density at radius 2 is 1.62 bits per heavy atom. The van der Waals surface area contributed by atoms with Crippen molar-refractivity contribution in [3.63, 3.8) is 0 Å². The highest BCUT2D eigenvalue weighted by atomic mass is 32.2. The van der Waals surface area contributed by atoms with Crippen LogP contribution in [0.2, 0.25) is 0 Å². The van der Waals surface area contributed by atoms with Gasteiger partial charge >= 0.3 is 0 Å². The Hall–Kier alpha value is -1.29. The Labute approximate surface area is 141 Å². The van der Waals surface area contributed by atoms with Crippen molar-refractivity contribution in [2.24, 2.45) is 11.8 Å². The highest BCUT2D eigenvalue weighted by Crippen LogP contribution is 2.32. The summed E-state index contributed by atoms with van der Waals surface area (Å²) in [7, 11) is -3.79. The standard InChI is InChI=1S/C14H24N2O7S/c1-10-2-5-13(6-3-10)24(21,22)23-9-11-8-12(15(17)18)4-7-14(11)16(19)20/h10-14H,2-9H2,1H3. The van der Waals surface area contributed by atoms with E-state index in [1.165, 1.54) is 0 Å². The molecule has 0 N–H and O–H groups in total. The van der Waals surface area contributed by atoms with Gasteiger partial charge in [-0.3, -0.25) is 24.4 Å². The van der Waals surface area contributed by atoms with Crippen molar-refractivity contribution in [1.82, 2.24) is 0 Å². The average Bonchev–Trinajstić information content (AvgIpc) is 2.53. The summed E-state index contributed by atoms with van der Waals surface area (Å²) in [6.07, 6.45) is 2.90. The van der Waals surface area contributed by atoms with Crippen LogP contribution in [0.5, 0.6) is 0 Å². The van der Waals surface area contributed by atoms with Crippen LogP contribution in [0.25, 0.3) is 0 Å². The van der Waals surface area contributed by atoms with Crippen LogP contribution in [-0.4, -0.2) is 42.2 Å². The molecule has 3 atom stereocenters. The fourth-order valence-corrected chi connectivity index (χ4v) is 5.07. The summed E-state index contributed by atoms with van der Waals surface area (Å²) in [6.45, 7) is 1.73. The van der Waals surface area contributed by atoms with Crippen molar-refractivity contribution in [2.75, 3.05) is 6.61 Å². The van der Waals surface area contributed by atoms with Gasteiger partial charge in [0, 0.05) is 29.1 Å². The van der Waals surface area contributed by atoms with Gasteiger partial charge in [0.2, 0.25) is 12.1 Å². The van der Waals surface area contributed by atoms with Gasteiger partial charge in [0.1, 0.15) is 0 Å². The molecule has 2 aliphatic carbocycles. The second-order valence-electron chi connectivity index (χ2n) is 7.02. The van der Waals surface area contributed by atoms with Gasteiger partial charge < -0.3 is 0 Å². The summed E-state index contributed by atoms with van der Waals surface area (Å²) in [6, 6.07) is -1.85. The molecule has 9 nitrogen and oxygen atoms in total. The van der Waals surface area contributed by atoms with E-state index >= 15 is 0 Å². The number of hydrogen-bond donors (Lipinski definition) is 0. The highest BCUT2D eigenvalue weighted by molar-refractivity contribution is 7.87. The lowest BCUT2D eigenvalue weighted by atomic mass is 9.82. The van der Waals surface area contributed by atoms with Crippen LogP contribution in [-0.2, 0) is 14.3 Å².